The van der Waals surface area contributed by atoms with Gasteiger partial charge in [-0.25, -0.2) is 0 Å². The van der Waals surface area contributed by atoms with Gasteiger partial charge in [0.1, 0.15) is 12.4 Å². The summed E-state index contributed by atoms with van der Waals surface area (Å²) in [6.45, 7) is 1.51. The summed E-state index contributed by atoms with van der Waals surface area (Å²) in [5, 5.41) is 9.00. The number of carbonyl (C=O) groups is 2. The lowest BCUT2D eigenvalue weighted by Gasteiger charge is -2.18. The minimum absolute atomic E-state index is 0. The van der Waals surface area contributed by atoms with Gasteiger partial charge in [-0.2, -0.15) is 0 Å². The van der Waals surface area contributed by atoms with Crippen molar-refractivity contribution in [3.63, 3.8) is 0 Å². The van der Waals surface area contributed by atoms with Crippen molar-refractivity contribution in [3.05, 3.63) is 29.8 Å². The quantitative estimate of drug-likeness (QED) is 0.804. The Morgan fingerprint density at radius 2 is 2.05 bits per heavy atom. The molecule has 22 heavy (non-hydrogen) atoms. The van der Waals surface area contributed by atoms with Gasteiger partial charge in [0.15, 0.2) is 0 Å². The summed E-state index contributed by atoms with van der Waals surface area (Å²) < 4.78 is 10.5. The van der Waals surface area contributed by atoms with E-state index in [1.807, 2.05) is 0 Å². The van der Waals surface area contributed by atoms with Crippen LogP contribution in [0.2, 0.25) is 0 Å². The highest BCUT2D eigenvalue weighted by Gasteiger charge is 2.32. The van der Waals surface area contributed by atoms with Crippen molar-refractivity contribution in [1.82, 2.24) is 4.90 Å². The molecule has 2 rings (SSSR count). The van der Waals surface area contributed by atoms with Crippen molar-refractivity contribution in [2.24, 2.45) is 5.92 Å². The van der Waals surface area contributed by atoms with Crippen LogP contribution in [0.5, 0.6) is 5.75 Å². The van der Waals surface area contributed by atoms with E-state index in [-0.39, 0.29) is 24.9 Å². The van der Waals surface area contributed by atoms with Gasteiger partial charge in [0.25, 0.3) is 5.91 Å². The number of carbonyl (C=O) groups excluding carboxylic acids is 1. The van der Waals surface area contributed by atoms with E-state index in [9.17, 15) is 9.59 Å². The summed E-state index contributed by atoms with van der Waals surface area (Å²) in [7, 11) is 1.58. The molecule has 1 unspecified atom stereocenters. The zero-order valence-electron chi connectivity index (χ0n) is 12.4. The van der Waals surface area contributed by atoms with Gasteiger partial charge < -0.3 is 19.5 Å². The van der Waals surface area contributed by atoms with Crippen molar-refractivity contribution in [2.45, 2.75) is 6.42 Å². The molecule has 1 saturated heterocycles. The van der Waals surface area contributed by atoms with E-state index >= 15 is 0 Å². The van der Waals surface area contributed by atoms with Gasteiger partial charge in [0.2, 0.25) is 0 Å². The molecule has 6 nitrogen and oxygen atoms in total. The van der Waals surface area contributed by atoms with E-state index in [1.54, 1.807) is 36.3 Å². The van der Waals surface area contributed by atoms with Crippen LogP contribution < -0.4 is 4.74 Å². The van der Waals surface area contributed by atoms with Crippen LogP contribution in [0.1, 0.15) is 16.8 Å². The zero-order chi connectivity index (χ0) is 15.2. The molecule has 0 aromatic heterocycles. The molecule has 1 aliphatic rings. The number of para-hydroxylation sites is 1. The zero-order valence-corrected chi connectivity index (χ0v) is 13.2. The van der Waals surface area contributed by atoms with Crippen LogP contribution in [0.25, 0.3) is 0 Å². The van der Waals surface area contributed by atoms with E-state index < -0.39 is 11.9 Å². The third-order valence-electron chi connectivity index (χ3n) is 3.49. The van der Waals surface area contributed by atoms with Gasteiger partial charge in [0, 0.05) is 20.2 Å². The van der Waals surface area contributed by atoms with Crippen LogP contribution in [0.3, 0.4) is 0 Å². The number of benzene rings is 1. The monoisotopic (exact) mass is 329 g/mol. The van der Waals surface area contributed by atoms with Crippen LogP contribution in [0, 0.1) is 5.92 Å². The van der Waals surface area contributed by atoms with Crippen molar-refractivity contribution in [2.75, 3.05) is 33.4 Å². The van der Waals surface area contributed by atoms with E-state index in [0.29, 0.717) is 37.5 Å². The molecule has 1 aromatic rings. The third kappa shape index (κ3) is 4.35. The molecule has 1 heterocycles. The highest BCUT2D eigenvalue weighted by molar-refractivity contribution is 5.97. The summed E-state index contributed by atoms with van der Waals surface area (Å²) in [5.74, 6) is -1.02. The normalized spacial score (nSPS) is 17.0. The maximum atomic E-state index is 12.5. The Bertz CT molecular complexity index is 522. The first-order chi connectivity index (χ1) is 10.1. The molecular formula is C15H20ClNO5. The molecule has 7 heteroatoms. The number of methoxy groups -OCH3 is 1. The molecule has 0 aliphatic carbocycles. The summed E-state index contributed by atoms with van der Waals surface area (Å²) in [6, 6.07) is 6.98. The third-order valence-corrected chi connectivity index (χ3v) is 3.49. The largest absolute Gasteiger partial charge is 0.490 e. The smallest absolute Gasteiger partial charge is 0.308 e. The van der Waals surface area contributed by atoms with E-state index in [1.165, 1.54) is 0 Å². The molecule has 0 bridgehead atoms. The molecule has 0 saturated carbocycles. The number of aliphatic carboxylic acids is 1. The predicted molar refractivity (Wildman–Crippen MR) is 82.7 cm³/mol. The summed E-state index contributed by atoms with van der Waals surface area (Å²) in [4.78, 5) is 25.0. The van der Waals surface area contributed by atoms with E-state index in [0.717, 1.165) is 0 Å². The predicted octanol–water partition coefficient (Wildman–Crippen LogP) is 1.68. The Hall–Kier alpha value is -1.79. The topological polar surface area (TPSA) is 76.1 Å². The lowest BCUT2D eigenvalue weighted by Crippen LogP contribution is -2.30. The maximum absolute atomic E-state index is 12.5. The molecule has 1 amide bonds. The average Bonchev–Trinajstić information content (AvgIpc) is 2.97. The highest BCUT2D eigenvalue weighted by Crippen LogP contribution is 2.24. The second kappa shape index (κ2) is 8.60. The van der Waals surface area contributed by atoms with Gasteiger partial charge in [-0.1, -0.05) is 12.1 Å². The molecule has 0 spiro atoms. The van der Waals surface area contributed by atoms with Crippen LogP contribution in [0.4, 0.5) is 0 Å². The van der Waals surface area contributed by atoms with Gasteiger partial charge in [0.05, 0.1) is 18.1 Å². The van der Waals surface area contributed by atoms with Gasteiger partial charge in [-0.05, 0) is 18.6 Å². The van der Waals surface area contributed by atoms with Crippen molar-refractivity contribution in [1.29, 1.82) is 0 Å². The van der Waals surface area contributed by atoms with Crippen molar-refractivity contribution < 1.29 is 24.2 Å². The standard InChI is InChI=1S/C15H19NO5.ClH/c1-20-8-9-21-13-5-3-2-4-12(13)14(17)16-7-6-11(10-16)15(18)19;/h2-5,11H,6-10H2,1H3,(H,18,19);1H. The Kier molecular flexibility index (Phi) is 7.14. The Morgan fingerprint density at radius 1 is 1.32 bits per heavy atom. The van der Waals surface area contributed by atoms with E-state index in [4.69, 9.17) is 14.6 Å². The van der Waals surface area contributed by atoms with Gasteiger partial charge in [-0.3, -0.25) is 9.59 Å². The number of halogens is 1. The van der Waals surface area contributed by atoms with Crippen molar-refractivity contribution >= 4 is 24.3 Å². The molecule has 1 aliphatic heterocycles. The molecule has 1 atom stereocenters. The molecule has 1 N–H and O–H groups in total. The number of ether oxygens (including phenoxy) is 2. The second-order valence-corrected chi connectivity index (χ2v) is 4.91. The second-order valence-electron chi connectivity index (χ2n) is 4.91. The number of hydrogen-bond acceptors (Lipinski definition) is 4. The number of carboxylic acids is 1. The maximum Gasteiger partial charge on any atom is 0.308 e. The molecule has 0 radical (unpaired) electrons. The average molecular weight is 330 g/mol. The van der Waals surface area contributed by atoms with Gasteiger partial charge >= 0.3 is 5.97 Å². The highest BCUT2D eigenvalue weighted by atomic mass is 35.5. The number of rotatable bonds is 6. The van der Waals surface area contributed by atoms with Crippen molar-refractivity contribution in [3.8, 4) is 5.75 Å². The fourth-order valence-electron chi connectivity index (χ4n) is 2.32. The number of carboxylic acid groups (broad SMARTS) is 1. The van der Waals surface area contributed by atoms with Crippen LogP contribution in [-0.2, 0) is 9.53 Å². The van der Waals surface area contributed by atoms with Crippen LogP contribution >= 0.6 is 12.4 Å². The minimum Gasteiger partial charge on any atom is -0.490 e. The molecular weight excluding hydrogens is 310 g/mol. The molecule has 1 fully saturated rings. The Morgan fingerprint density at radius 3 is 2.68 bits per heavy atom. The first-order valence-corrected chi connectivity index (χ1v) is 6.86. The fourth-order valence-corrected chi connectivity index (χ4v) is 2.32. The van der Waals surface area contributed by atoms with Gasteiger partial charge in [-0.15, -0.1) is 12.4 Å². The number of nitrogens with zero attached hydrogens (tertiary/aromatic N) is 1. The fraction of sp³-hybridized carbons (Fsp3) is 0.467. The molecule has 122 valence electrons. The number of likely N-dealkylation sites (tertiary alicyclic amines) is 1. The summed E-state index contributed by atoms with van der Waals surface area (Å²) >= 11 is 0. The Balaban J connectivity index is 0.00000242. The first kappa shape index (κ1) is 18.3. The first-order valence-electron chi connectivity index (χ1n) is 6.86. The van der Waals surface area contributed by atoms with E-state index in [2.05, 4.69) is 0 Å². The van der Waals surface area contributed by atoms with Crippen LogP contribution in [-0.4, -0.2) is 55.3 Å². The lowest BCUT2D eigenvalue weighted by molar-refractivity contribution is -0.141. The lowest BCUT2D eigenvalue weighted by atomic mass is 10.1. The Labute approximate surface area is 135 Å². The SMILES string of the molecule is COCCOc1ccccc1C(=O)N1CCC(C(=O)O)C1.Cl. The van der Waals surface area contributed by atoms with Crippen LogP contribution in [0.15, 0.2) is 24.3 Å². The summed E-state index contributed by atoms with van der Waals surface area (Å²) in [5.41, 5.74) is 0.458. The number of hydrogen-bond donors (Lipinski definition) is 1. The summed E-state index contributed by atoms with van der Waals surface area (Å²) in [6.07, 6.45) is 0.494. The number of amides is 1. The molecule has 1 aromatic carbocycles. The minimum atomic E-state index is -0.852.